The summed E-state index contributed by atoms with van der Waals surface area (Å²) in [4.78, 5) is 15.8. The van der Waals surface area contributed by atoms with Crippen LogP contribution in [0.1, 0.15) is 43.6 Å². The van der Waals surface area contributed by atoms with E-state index in [9.17, 15) is 9.90 Å². The molecule has 0 saturated heterocycles. The molecule has 3 rings (SSSR count). The van der Waals surface area contributed by atoms with Gasteiger partial charge in [-0.05, 0) is 24.3 Å². The van der Waals surface area contributed by atoms with Crippen molar-refractivity contribution in [2.75, 3.05) is 0 Å². The van der Waals surface area contributed by atoms with Gasteiger partial charge < -0.3 is 9.84 Å². The first-order valence-electron chi connectivity index (χ1n) is 7.44. The molecule has 1 N–H and O–H groups in total. The monoisotopic (exact) mass is 299 g/mol. The summed E-state index contributed by atoms with van der Waals surface area (Å²) in [6.07, 6.45) is 0. The number of carbonyl (C=O) groups excluding carboxylic acids is 1. The number of ether oxygens (including phenoxy) is 1. The number of fused-ring (bicyclic) bond motifs is 1. The van der Waals surface area contributed by atoms with Crippen molar-refractivity contribution in [3.63, 3.8) is 0 Å². The Hall–Kier alpha value is -2.62. The zero-order chi connectivity index (χ0) is 16.5. The third kappa shape index (κ3) is 3.73. The van der Waals surface area contributed by atoms with Gasteiger partial charge in [0.15, 0.2) is 0 Å². The number of aliphatic imine (C=N–C) groups is 1. The molecule has 0 saturated carbocycles. The molecule has 0 radical (unpaired) electrons. The summed E-state index contributed by atoms with van der Waals surface area (Å²) in [6.45, 7) is 8.00. The molecule has 0 unspecified atom stereocenters. The Kier molecular flexibility index (Phi) is 6.83. The number of rotatable bonds is 1. The van der Waals surface area contributed by atoms with Crippen LogP contribution in [-0.4, -0.2) is 17.0 Å². The molecule has 1 heterocycles. The predicted molar refractivity (Wildman–Crippen MR) is 88.9 cm³/mol. The van der Waals surface area contributed by atoms with Crippen molar-refractivity contribution in [2.45, 2.75) is 27.7 Å². The summed E-state index contributed by atoms with van der Waals surface area (Å²) in [7, 11) is 0. The molecule has 0 atom stereocenters. The maximum Gasteiger partial charge on any atom is 0.345 e. The Morgan fingerprint density at radius 3 is 2.05 bits per heavy atom. The average Bonchev–Trinajstić information content (AvgIpc) is 2.90. The van der Waals surface area contributed by atoms with Crippen LogP contribution in [0.5, 0.6) is 5.75 Å². The van der Waals surface area contributed by atoms with Gasteiger partial charge in [0, 0.05) is 0 Å². The number of para-hydroxylation sites is 2. The maximum absolute atomic E-state index is 11.6. The second-order valence-electron chi connectivity index (χ2n) is 3.84. The smallest absolute Gasteiger partial charge is 0.345 e. The van der Waals surface area contributed by atoms with Gasteiger partial charge >= 0.3 is 5.97 Å². The Labute approximate surface area is 131 Å². The minimum Gasteiger partial charge on any atom is -0.506 e. The number of aromatic hydroxyl groups is 1. The molecule has 0 aromatic heterocycles. The summed E-state index contributed by atoms with van der Waals surface area (Å²) in [5.74, 6) is -0.151. The predicted octanol–water partition coefficient (Wildman–Crippen LogP) is 4.69. The highest BCUT2D eigenvalue weighted by Gasteiger charge is 2.27. The van der Waals surface area contributed by atoms with Gasteiger partial charge in [-0.1, -0.05) is 52.0 Å². The van der Waals surface area contributed by atoms with E-state index < -0.39 is 5.97 Å². The molecular formula is C18H21NO3. The zero-order valence-electron chi connectivity index (χ0n) is 13.3. The van der Waals surface area contributed by atoms with Gasteiger partial charge in [0.05, 0.1) is 11.1 Å². The lowest BCUT2D eigenvalue weighted by Gasteiger charge is -2.00. The van der Waals surface area contributed by atoms with Crippen LogP contribution in [0, 0.1) is 0 Å². The fraction of sp³-hybridized carbons (Fsp3) is 0.222. The topological polar surface area (TPSA) is 58.9 Å². The molecule has 0 amide bonds. The van der Waals surface area contributed by atoms with Gasteiger partial charge in [-0.25, -0.2) is 9.79 Å². The Bertz CT molecular complexity index is 663. The minimum absolute atomic E-state index is 0.0467. The summed E-state index contributed by atoms with van der Waals surface area (Å²) in [5, 5.41) is 9.64. The number of hydrogen-bond acceptors (Lipinski definition) is 4. The molecule has 4 heteroatoms. The van der Waals surface area contributed by atoms with E-state index in [-0.39, 0.29) is 11.6 Å². The molecule has 0 bridgehead atoms. The summed E-state index contributed by atoms with van der Waals surface area (Å²) in [6, 6.07) is 13.7. The van der Waals surface area contributed by atoms with E-state index in [4.69, 9.17) is 4.74 Å². The van der Waals surface area contributed by atoms with Crippen molar-refractivity contribution in [1.29, 1.82) is 0 Å². The van der Waals surface area contributed by atoms with Gasteiger partial charge in [-0.2, -0.15) is 0 Å². The highest BCUT2D eigenvalue weighted by atomic mass is 16.5. The minimum atomic E-state index is -0.417. The normalized spacial score (nSPS) is 13.3. The highest BCUT2D eigenvalue weighted by molar-refractivity contribution is 6.17. The van der Waals surface area contributed by atoms with Gasteiger partial charge in [0.1, 0.15) is 11.4 Å². The van der Waals surface area contributed by atoms with Crippen molar-refractivity contribution in [3.05, 3.63) is 59.7 Å². The van der Waals surface area contributed by atoms with Gasteiger partial charge in [-0.15, -0.1) is 0 Å². The number of nitrogens with zero attached hydrogens (tertiary/aromatic N) is 1. The van der Waals surface area contributed by atoms with E-state index in [1.54, 1.807) is 42.5 Å². The third-order valence-corrected chi connectivity index (χ3v) is 2.67. The van der Waals surface area contributed by atoms with Crippen molar-refractivity contribution >= 4 is 17.6 Å². The van der Waals surface area contributed by atoms with Crippen molar-refractivity contribution < 1.29 is 14.6 Å². The molecule has 0 spiro atoms. The number of esters is 1. The molecule has 0 fully saturated rings. The Morgan fingerprint density at radius 2 is 1.41 bits per heavy atom. The van der Waals surface area contributed by atoms with Crippen LogP contribution in [0.4, 0.5) is 5.69 Å². The van der Waals surface area contributed by atoms with E-state index in [1.165, 1.54) is 6.07 Å². The van der Waals surface area contributed by atoms with Gasteiger partial charge in [0.25, 0.3) is 0 Å². The SMILES string of the molecule is CC.CC.O=C1OC(=Nc2ccccc2O)c2ccccc21. The molecule has 116 valence electrons. The number of phenols is 1. The van der Waals surface area contributed by atoms with Crippen LogP contribution < -0.4 is 0 Å². The van der Waals surface area contributed by atoms with Crippen molar-refractivity contribution in [3.8, 4) is 5.75 Å². The fourth-order valence-electron chi connectivity index (χ4n) is 1.80. The zero-order valence-corrected chi connectivity index (χ0v) is 13.3. The second-order valence-corrected chi connectivity index (χ2v) is 3.84. The van der Waals surface area contributed by atoms with Crippen LogP contribution in [0.15, 0.2) is 53.5 Å². The molecule has 1 aliphatic rings. The molecule has 1 aliphatic heterocycles. The lowest BCUT2D eigenvalue weighted by molar-refractivity contribution is 0.0737. The van der Waals surface area contributed by atoms with Gasteiger partial charge in [0.2, 0.25) is 5.90 Å². The van der Waals surface area contributed by atoms with E-state index in [2.05, 4.69) is 4.99 Å². The standard InChI is InChI=1S/C14H9NO3.2C2H6/c16-12-8-4-3-7-11(12)15-13-9-5-1-2-6-10(9)14(17)18-13;2*1-2/h1-8,16H;2*1-2H3. The quantitative estimate of drug-likeness (QED) is 0.777. The van der Waals surface area contributed by atoms with Crippen LogP contribution in [0.3, 0.4) is 0 Å². The first-order chi connectivity index (χ1) is 10.8. The first-order valence-corrected chi connectivity index (χ1v) is 7.44. The maximum atomic E-state index is 11.6. The molecule has 2 aromatic rings. The van der Waals surface area contributed by atoms with Crippen LogP contribution >= 0.6 is 0 Å². The second kappa shape index (κ2) is 8.62. The Morgan fingerprint density at radius 1 is 0.864 bits per heavy atom. The fourth-order valence-corrected chi connectivity index (χ4v) is 1.80. The van der Waals surface area contributed by atoms with E-state index in [1.807, 2.05) is 27.7 Å². The number of cyclic esters (lactones) is 1. The lowest BCUT2D eigenvalue weighted by atomic mass is 10.1. The van der Waals surface area contributed by atoms with E-state index in [0.29, 0.717) is 16.8 Å². The summed E-state index contributed by atoms with van der Waals surface area (Å²) < 4.78 is 5.09. The summed E-state index contributed by atoms with van der Waals surface area (Å²) >= 11 is 0. The largest absolute Gasteiger partial charge is 0.506 e. The molecule has 4 nitrogen and oxygen atoms in total. The molecule has 0 aliphatic carbocycles. The van der Waals surface area contributed by atoms with Crippen LogP contribution in [-0.2, 0) is 4.74 Å². The van der Waals surface area contributed by atoms with Crippen molar-refractivity contribution in [2.24, 2.45) is 4.99 Å². The number of benzene rings is 2. The third-order valence-electron chi connectivity index (χ3n) is 2.67. The van der Waals surface area contributed by atoms with E-state index in [0.717, 1.165) is 0 Å². The van der Waals surface area contributed by atoms with E-state index >= 15 is 0 Å². The lowest BCUT2D eigenvalue weighted by Crippen LogP contribution is -1.99. The van der Waals surface area contributed by atoms with Crippen LogP contribution in [0.25, 0.3) is 0 Å². The molecule has 22 heavy (non-hydrogen) atoms. The average molecular weight is 299 g/mol. The Balaban J connectivity index is 0.000000561. The highest BCUT2D eigenvalue weighted by Crippen LogP contribution is 2.28. The summed E-state index contributed by atoms with van der Waals surface area (Å²) in [5.41, 5.74) is 1.51. The van der Waals surface area contributed by atoms with Crippen molar-refractivity contribution in [1.82, 2.24) is 0 Å². The van der Waals surface area contributed by atoms with Gasteiger partial charge in [-0.3, -0.25) is 0 Å². The number of phenolic OH excluding ortho intramolecular Hbond substituents is 1. The number of hydrogen-bond donors (Lipinski definition) is 1. The number of carbonyl (C=O) groups is 1. The molecular weight excluding hydrogens is 278 g/mol. The van der Waals surface area contributed by atoms with Crippen LogP contribution in [0.2, 0.25) is 0 Å². The first kappa shape index (κ1) is 17.4. The molecule has 2 aromatic carbocycles.